The van der Waals surface area contributed by atoms with Crippen LogP contribution in [0.1, 0.15) is 0 Å². The lowest BCUT2D eigenvalue weighted by molar-refractivity contribution is -0.198. The summed E-state index contributed by atoms with van der Waals surface area (Å²) in [6, 6.07) is 10.7. The number of hydrogen-bond donors (Lipinski definition) is 2. The van der Waals surface area contributed by atoms with Crippen LogP contribution in [0.25, 0.3) is 16.9 Å². The Hall–Kier alpha value is -2.62. The van der Waals surface area contributed by atoms with Gasteiger partial charge in [-0.15, -0.1) is 0 Å². The van der Waals surface area contributed by atoms with Crippen LogP contribution in [0.3, 0.4) is 0 Å². The summed E-state index contributed by atoms with van der Waals surface area (Å²) in [6.07, 6.45) is -7.56. The summed E-state index contributed by atoms with van der Waals surface area (Å²) in [5, 5.41) is 16.1. The first kappa shape index (κ1) is 22.1. The third kappa shape index (κ3) is 4.92. The average molecular weight is 462 g/mol. The van der Waals surface area contributed by atoms with Crippen LogP contribution in [0.5, 0.6) is 0 Å². The third-order valence-electron chi connectivity index (χ3n) is 4.04. The summed E-state index contributed by atoms with van der Waals surface area (Å²) in [5.74, 6) is -0.636. The Kier molecular flexibility index (Phi) is 6.35. The average Bonchev–Trinajstić information content (AvgIpc) is 2.68. The number of aliphatic hydroxyl groups excluding tert-OH is 1. The molecule has 0 amide bonds. The molecule has 30 heavy (non-hydrogen) atoms. The van der Waals surface area contributed by atoms with Gasteiger partial charge in [-0.05, 0) is 36.4 Å². The molecule has 0 radical (unpaired) electrons. The minimum Gasteiger partial charge on any atom is -0.382 e. The van der Waals surface area contributed by atoms with Gasteiger partial charge in [0.1, 0.15) is 11.5 Å². The second-order valence-electron chi connectivity index (χ2n) is 6.21. The van der Waals surface area contributed by atoms with E-state index in [9.17, 15) is 27.5 Å². The zero-order valence-corrected chi connectivity index (χ0v) is 16.4. The molecule has 0 aliphatic carbocycles. The minimum atomic E-state index is -4.87. The molecule has 1 aromatic heterocycles. The molecule has 5 nitrogen and oxygen atoms in total. The first-order valence-electron chi connectivity index (χ1n) is 8.40. The smallest absolute Gasteiger partial charge is 0.382 e. The van der Waals surface area contributed by atoms with Gasteiger partial charge in [-0.1, -0.05) is 35.3 Å². The lowest BCUT2D eigenvalue weighted by atomic mass is 10.1. The highest BCUT2D eigenvalue weighted by Crippen LogP contribution is 2.28. The maximum Gasteiger partial charge on any atom is 0.416 e. The van der Waals surface area contributed by atoms with E-state index in [4.69, 9.17) is 23.2 Å². The van der Waals surface area contributed by atoms with Crippen LogP contribution in [-0.2, 0) is 0 Å². The van der Waals surface area contributed by atoms with E-state index in [1.165, 1.54) is 30.3 Å². The van der Waals surface area contributed by atoms with Crippen LogP contribution < -0.4 is 10.9 Å². The van der Waals surface area contributed by atoms with Gasteiger partial charge in [0.2, 0.25) is 0 Å². The van der Waals surface area contributed by atoms with Crippen LogP contribution in [0.2, 0.25) is 10.0 Å². The molecule has 2 aromatic carbocycles. The largest absolute Gasteiger partial charge is 0.416 e. The Labute approximate surface area is 177 Å². The lowest BCUT2D eigenvalue weighted by Gasteiger charge is -2.17. The fourth-order valence-corrected chi connectivity index (χ4v) is 2.82. The number of aromatic nitrogens is 2. The predicted molar refractivity (Wildman–Crippen MR) is 106 cm³/mol. The minimum absolute atomic E-state index is 0.0568. The molecule has 2 N–H and O–H groups in total. The Morgan fingerprint density at radius 1 is 1.10 bits per heavy atom. The number of benzene rings is 2. The molecule has 1 heterocycles. The van der Waals surface area contributed by atoms with Crippen LogP contribution in [0.15, 0.2) is 53.3 Å². The van der Waals surface area contributed by atoms with Crippen molar-refractivity contribution in [1.82, 2.24) is 9.78 Å². The van der Waals surface area contributed by atoms with Crippen molar-refractivity contribution in [2.75, 3.05) is 11.9 Å². The van der Waals surface area contributed by atoms with Crippen LogP contribution in [0.4, 0.5) is 23.2 Å². The van der Waals surface area contributed by atoms with Gasteiger partial charge in [-0.2, -0.15) is 23.0 Å². The molecule has 0 saturated heterocycles. The van der Waals surface area contributed by atoms with E-state index >= 15 is 0 Å². The predicted octanol–water partition coefficient (Wildman–Crippen LogP) is 4.68. The van der Waals surface area contributed by atoms with Gasteiger partial charge in [0.25, 0.3) is 5.56 Å². The van der Waals surface area contributed by atoms with E-state index in [2.05, 4.69) is 10.4 Å². The molecule has 0 bridgehead atoms. The summed E-state index contributed by atoms with van der Waals surface area (Å²) < 4.78 is 52.3. The van der Waals surface area contributed by atoms with Crippen molar-refractivity contribution in [2.45, 2.75) is 12.3 Å². The third-order valence-corrected chi connectivity index (χ3v) is 4.78. The Morgan fingerprint density at radius 2 is 1.83 bits per heavy atom. The molecule has 0 spiro atoms. The van der Waals surface area contributed by atoms with Gasteiger partial charge in [0.05, 0.1) is 21.4 Å². The Bertz CT molecular complexity index is 1140. The number of halogens is 6. The zero-order valence-electron chi connectivity index (χ0n) is 14.9. The maximum atomic E-state index is 13.6. The topological polar surface area (TPSA) is 67.2 Å². The van der Waals surface area contributed by atoms with Crippen LogP contribution >= 0.6 is 23.2 Å². The first-order valence-corrected chi connectivity index (χ1v) is 9.16. The molecule has 158 valence electrons. The SMILES string of the molecule is O=c1c(NC[C@H](O)C(F)(F)F)cc(-c2ccc(Cl)c(Cl)c2)nn1-c1cccc(F)c1. The van der Waals surface area contributed by atoms with Crippen molar-refractivity contribution in [1.29, 1.82) is 0 Å². The summed E-state index contributed by atoms with van der Waals surface area (Å²) in [5.41, 5.74) is -0.492. The number of hydrogen-bond acceptors (Lipinski definition) is 4. The van der Waals surface area contributed by atoms with E-state index in [1.807, 2.05) is 0 Å². The number of aliphatic hydroxyl groups is 1. The van der Waals surface area contributed by atoms with Crippen molar-refractivity contribution in [3.8, 4) is 16.9 Å². The van der Waals surface area contributed by atoms with Gasteiger partial charge < -0.3 is 10.4 Å². The second-order valence-corrected chi connectivity index (χ2v) is 7.02. The van der Waals surface area contributed by atoms with E-state index in [1.54, 1.807) is 6.07 Å². The lowest BCUT2D eigenvalue weighted by Crippen LogP contribution is -2.36. The molecule has 0 aliphatic heterocycles. The monoisotopic (exact) mass is 461 g/mol. The normalized spacial score (nSPS) is 12.6. The van der Waals surface area contributed by atoms with Crippen LogP contribution in [-0.4, -0.2) is 33.7 Å². The fraction of sp³-hybridized carbons (Fsp3) is 0.158. The second kappa shape index (κ2) is 8.63. The number of nitrogens with one attached hydrogen (secondary N) is 1. The molecular weight excluding hydrogens is 449 g/mol. The van der Waals surface area contributed by atoms with Gasteiger partial charge in [-0.3, -0.25) is 4.79 Å². The molecule has 0 unspecified atom stereocenters. The van der Waals surface area contributed by atoms with Gasteiger partial charge >= 0.3 is 6.18 Å². The summed E-state index contributed by atoms with van der Waals surface area (Å²) >= 11 is 11.9. The molecule has 3 aromatic rings. The highest BCUT2D eigenvalue weighted by Gasteiger charge is 2.38. The summed E-state index contributed by atoms with van der Waals surface area (Å²) in [4.78, 5) is 12.8. The Balaban J connectivity index is 2.12. The molecule has 11 heteroatoms. The maximum absolute atomic E-state index is 13.6. The van der Waals surface area contributed by atoms with Crippen molar-refractivity contribution in [2.24, 2.45) is 0 Å². The zero-order chi connectivity index (χ0) is 22.1. The van der Waals surface area contributed by atoms with Crippen molar-refractivity contribution < 1.29 is 22.7 Å². The van der Waals surface area contributed by atoms with Gasteiger partial charge in [-0.25, -0.2) is 4.39 Å². The highest BCUT2D eigenvalue weighted by atomic mass is 35.5. The molecule has 3 rings (SSSR count). The van der Waals surface area contributed by atoms with Crippen molar-refractivity contribution in [3.63, 3.8) is 0 Å². The summed E-state index contributed by atoms with van der Waals surface area (Å²) in [6.45, 7) is -0.966. The highest BCUT2D eigenvalue weighted by molar-refractivity contribution is 6.42. The molecule has 0 fully saturated rings. The number of rotatable bonds is 5. The molecule has 0 saturated carbocycles. The van der Waals surface area contributed by atoms with Crippen LogP contribution in [0, 0.1) is 5.82 Å². The fourth-order valence-electron chi connectivity index (χ4n) is 2.52. The van der Waals surface area contributed by atoms with Gasteiger partial charge in [0.15, 0.2) is 6.10 Å². The first-order chi connectivity index (χ1) is 14.1. The number of nitrogens with zero attached hydrogens (tertiary/aromatic N) is 2. The quantitative estimate of drug-likeness (QED) is 0.541. The number of alkyl halides is 3. The van der Waals surface area contributed by atoms with Crippen molar-refractivity contribution in [3.05, 3.63) is 74.7 Å². The summed E-state index contributed by atoms with van der Waals surface area (Å²) in [7, 11) is 0. The molecular formula is C19H13Cl2F4N3O2. The molecule has 1 atom stereocenters. The van der Waals surface area contributed by atoms with E-state index in [0.717, 1.165) is 16.8 Å². The Morgan fingerprint density at radius 3 is 2.47 bits per heavy atom. The van der Waals surface area contributed by atoms with E-state index in [-0.39, 0.29) is 27.1 Å². The van der Waals surface area contributed by atoms with E-state index in [0.29, 0.717) is 5.56 Å². The molecule has 0 aliphatic rings. The number of anilines is 1. The van der Waals surface area contributed by atoms with Crippen molar-refractivity contribution >= 4 is 28.9 Å². The standard InChI is InChI=1S/C19H13Cl2F4N3O2/c20-13-5-4-10(6-14(13)21)15-8-16(26-9-17(29)19(23,24)25)18(30)28(27-15)12-3-1-2-11(22)7-12/h1-8,17,26,29H,9H2/t17-/m0/s1. The van der Waals surface area contributed by atoms with Gasteiger partial charge in [0, 0.05) is 12.1 Å². The van der Waals surface area contributed by atoms with E-state index < -0.39 is 30.2 Å².